The van der Waals surface area contributed by atoms with Crippen LogP contribution in [0.3, 0.4) is 0 Å². The van der Waals surface area contributed by atoms with Crippen LogP contribution in [0.15, 0.2) is 0 Å². The zero-order valence-electron chi connectivity index (χ0n) is 14.0. The third-order valence-electron chi connectivity index (χ3n) is 3.98. The van der Waals surface area contributed by atoms with Gasteiger partial charge in [0, 0.05) is 37.6 Å². The van der Waals surface area contributed by atoms with Crippen molar-refractivity contribution in [1.29, 1.82) is 0 Å². The first-order valence-corrected chi connectivity index (χ1v) is 9.14. The van der Waals surface area contributed by atoms with E-state index in [-0.39, 0.29) is 0 Å². The molecule has 2 heterocycles. The number of anilines is 1. The van der Waals surface area contributed by atoms with Gasteiger partial charge >= 0.3 is 0 Å². The Balaban J connectivity index is 2.03. The van der Waals surface area contributed by atoms with Crippen molar-refractivity contribution in [3.05, 3.63) is 10.6 Å². The summed E-state index contributed by atoms with van der Waals surface area (Å²) < 4.78 is 0. The fraction of sp³-hybridized carbons (Fsp3) is 0.812. The molecule has 2 rings (SSSR count). The van der Waals surface area contributed by atoms with Gasteiger partial charge in [0.2, 0.25) is 0 Å². The molecule has 0 atom stereocenters. The highest BCUT2D eigenvalue weighted by Gasteiger charge is 2.21. The minimum absolute atomic E-state index is 0.505. The summed E-state index contributed by atoms with van der Waals surface area (Å²) in [5.41, 5.74) is 1.28. The molecule has 0 saturated carbocycles. The molecule has 0 unspecified atom stereocenters. The predicted molar refractivity (Wildman–Crippen MR) is 92.5 cm³/mol. The largest absolute Gasteiger partial charge is 0.346 e. The van der Waals surface area contributed by atoms with Crippen LogP contribution in [-0.4, -0.2) is 49.2 Å². The molecule has 0 aliphatic carbocycles. The number of hydrogen-bond acceptors (Lipinski definition) is 5. The minimum atomic E-state index is 0.505. The van der Waals surface area contributed by atoms with E-state index in [9.17, 15) is 0 Å². The zero-order chi connectivity index (χ0) is 15.2. The summed E-state index contributed by atoms with van der Waals surface area (Å²) in [6, 6.07) is 0. The molecule has 1 aliphatic rings. The van der Waals surface area contributed by atoms with Gasteiger partial charge in [0.05, 0.1) is 5.69 Å². The highest BCUT2D eigenvalue weighted by Crippen LogP contribution is 2.31. The van der Waals surface area contributed by atoms with E-state index in [0.29, 0.717) is 5.92 Å². The molecule has 21 heavy (non-hydrogen) atoms. The molecule has 0 radical (unpaired) electrons. The maximum Gasteiger partial charge on any atom is 0.185 e. The van der Waals surface area contributed by atoms with Crippen LogP contribution in [0.1, 0.15) is 50.6 Å². The van der Waals surface area contributed by atoms with Crippen molar-refractivity contribution in [3.8, 4) is 0 Å². The van der Waals surface area contributed by atoms with E-state index in [1.165, 1.54) is 41.8 Å². The van der Waals surface area contributed by atoms with E-state index in [0.717, 1.165) is 26.2 Å². The Hall–Kier alpha value is -0.650. The number of hydrogen-bond donors (Lipinski definition) is 1. The van der Waals surface area contributed by atoms with Crippen LogP contribution >= 0.6 is 11.3 Å². The van der Waals surface area contributed by atoms with Crippen molar-refractivity contribution in [3.63, 3.8) is 0 Å². The average molecular weight is 311 g/mol. The van der Waals surface area contributed by atoms with Gasteiger partial charge in [-0.15, -0.1) is 11.3 Å². The second-order valence-electron chi connectivity index (χ2n) is 6.07. The Morgan fingerprint density at radius 3 is 2.48 bits per heavy atom. The van der Waals surface area contributed by atoms with Crippen LogP contribution in [0, 0.1) is 0 Å². The van der Waals surface area contributed by atoms with Gasteiger partial charge in [-0.2, -0.15) is 0 Å². The molecule has 1 fully saturated rings. The minimum Gasteiger partial charge on any atom is -0.346 e. The number of nitrogens with zero attached hydrogens (tertiary/aromatic N) is 3. The zero-order valence-corrected chi connectivity index (χ0v) is 14.8. The molecule has 0 amide bonds. The summed E-state index contributed by atoms with van der Waals surface area (Å²) in [6.07, 6.45) is 1.25. The molecular formula is C16H30N4S. The molecule has 1 N–H and O–H groups in total. The summed E-state index contributed by atoms with van der Waals surface area (Å²) in [6.45, 7) is 16.7. The van der Waals surface area contributed by atoms with E-state index < -0.39 is 0 Å². The van der Waals surface area contributed by atoms with Crippen molar-refractivity contribution in [2.75, 3.05) is 44.2 Å². The summed E-state index contributed by atoms with van der Waals surface area (Å²) in [4.78, 5) is 11.4. The van der Waals surface area contributed by atoms with E-state index >= 15 is 0 Å². The van der Waals surface area contributed by atoms with Crippen molar-refractivity contribution >= 4 is 16.5 Å². The molecular weight excluding hydrogens is 280 g/mol. The van der Waals surface area contributed by atoms with Crippen LogP contribution in [0.25, 0.3) is 0 Å². The Kier molecular flexibility index (Phi) is 6.45. The molecule has 0 bridgehead atoms. The van der Waals surface area contributed by atoms with E-state index in [1.807, 2.05) is 11.3 Å². The Bertz CT molecular complexity index is 422. The first kappa shape index (κ1) is 16.7. The number of piperazine rings is 1. The quantitative estimate of drug-likeness (QED) is 0.839. The summed E-state index contributed by atoms with van der Waals surface area (Å²) in [7, 11) is 0. The van der Waals surface area contributed by atoms with Crippen LogP contribution in [0.2, 0.25) is 0 Å². The molecule has 1 aromatic rings. The molecule has 0 spiro atoms. The number of thiazole rings is 1. The van der Waals surface area contributed by atoms with Crippen molar-refractivity contribution < 1.29 is 0 Å². The first-order chi connectivity index (χ1) is 10.2. The topological polar surface area (TPSA) is 31.4 Å². The smallest absolute Gasteiger partial charge is 0.185 e. The second-order valence-corrected chi connectivity index (χ2v) is 7.13. The maximum atomic E-state index is 4.94. The molecule has 1 aromatic heterocycles. The van der Waals surface area contributed by atoms with Crippen molar-refractivity contribution in [2.24, 2.45) is 0 Å². The Labute approximate surface area is 133 Å². The molecule has 1 saturated heterocycles. The van der Waals surface area contributed by atoms with Crippen molar-refractivity contribution in [2.45, 2.75) is 46.6 Å². The van der Waals surface area contributed by atoms with Crippen LogP contribution in [-0.2, 0) is 6.54 Å². The Morgan fingerprint density at radius 1 is 1.19 bits per heavy atom. The highest BCUT2D eigenvalue weighted by molar-refractivity contribution is 7.15. The molecule has 0 aromatic carbocycles. The molecule has 5 heteroatoms. The van der Waals surface area contributed by atoms with Gasteiger partial charge in [-0.05, 0) is 25.4 Å². The number of nitrogens with one attached hydrogen (secondary N) is 1. The monoisotopic (exact) mass is 310 g/mol. The second kappa shape index (κ2) is 8.11. The van der Waals surface area contributed by atoms with E-state index in [1.54, 1.807) is 0 Å². The number of rotatable bonds is 7. The third-order valence-corrected chi connectivity index (χ3v) is 5.11. The van der Waals surface area contributed by atoms with Gasteiger partial charge in [-0.3, -0.25) is 4.90 Å². The van der Waals surface area contributed by atoms with Gasteiger partial charge in [0.15, 0.2) is 5.13 Å². The average Bonchev–Trinajstić information content (AvgIpc) is 2.90. The number of aromatic nitrogens is 1. The summed E-state index contributed by atoms with van der Waals surface area (Å²) in [5.74, 6) is 0.505. The molecule has 1 aliphatic heterocycles. The lowest BCUT2D eigenvalue weighted by atomic mass is 10.1. The maximum absolute atomic E-state index is 4.94. The predicted octanol–water partition coefficient (Wildman–Crippen LogP) is 2.91. The van der Waals surface area contributed by atoms with Gasteiger partial charge in [-0.1, -0.05) is 27.7 Å². The normalized spacial score (nSPS) is 16.9. The summed E-state index contributed by atoms with van der Waals surface area (Å²) >= 11 is 1.88. The third kappa shape index (κ3) is 4.41. The lowest BCUT2D eigenvalue weighted by Gasteiger charge is -2.34. The van der Waals surface area contributed by atoms with Gasteiger partial charge in [-0.25, -0.2) is 4.98 Å². The summed E-state index contributed by atoms with van der Waals surface area (Å²) in [5, 5.41) is 4.67. The molecule has 120 valence electrons. The lowest BCUT2D eigenvalue weighted by Crippen LogP contribution is -2.46. The fourth-order valence-corrected chi connectivity index (χ4v) is 4.02. The van der Waals surface area contributed by atoms with Gasteiger partial charge in [0.25, 0.3) is 0 Å². The van der Waals surface area contributed by atoms with Crippen molar-refractivity contribution in [1.82, 2.24) is 15.2 Å². The van der Waals surface area contributed by atoms with Crippen LogP contribution < -0.4 is 10.2 Å². The lowest BCUT2D eigenvalue weighted by molar-refractivity contribution is 0.258. The Morgan fingerprint density at radius 2 is 1.90 bits per heavy atom. The standard InChI is InChI=1S/C16H30N4S/c1-5-7-19-8-10-20(11-9-19)16-18-15(13(3)4)14(21-16)12-17-6-2/h13,17H,5-12H2,1-4H3. The van der Waals surface area contributed by atoms with Crippen LogP contribution in [0.4, 0.5) is 5.13 Å². The molecule has 4 nitrogen and oxygen atoms in total. The van der Waals surface area contributed by atoms with E-state index in [2.05, 4.69) is 42.8 Å². The highest BCUT2D eigenvalue weighted by atomic mass is 32.1. The SMILES string of the molecule is CCCN1CCN(c2nc(C(C)C)c(CNCC)s2)CC1. The fourth-order valence-electron chi connectivity index (χ4n) is 2.78. The van der Waals surface area contributed by atoms with Gasteiger partial charge < -0.3 is 10.2 Å². The van der Waals surface area contributed by atoms with Crippen LogP contribution in [0.5, 0.6) is 0 Å². The van der Waals surface area contributed by atoms with Gasteiger partial charge in [0.1, 0.15) is 0 Å². The van der Waals surface area contributed by atoms with E-state index in [4.69, 9.17) is 4.98 Å². The first-order valence-electron chi connectivity index (χ1n) is 8.33.